The number of aliphatic hydroxyl groups is 1. The van der Waals surface area contributed by atoms with E-state index in [1.807, 2.05) is 27.2 Å². The zero-order valence-corrected chi connectivity index (χ0v) is 55.8. The predicted octanol–water partition coefficient (Wildman–Crippen LogP) is 22.9. The maximum atomic E-state index is 13.1. The Kier molecular flexibility index (Phi) is 62.2. The maximum Gasteiger partial charge on any atom is 0.472 e. The highest BCUT2D eigenvalue weighted by Gasteiger charge is 2.28. The molecule has 3 atom stereocenters. The van der Waals surface area contributed by atoms with Crippen molar-refractivity contribution in [2.24, 2.45) is 0 Å². The molecule has 0 aliphatic heterocycles. The number of likely N-dealkylation sites (N-methyl/N-ethyl adjacent to an activating group) is 1. The van der Waals surface area contributed by atoms with Gasteiger partial charge in [-0.25, -0.2) is 4.57 Å². The van der Waals surface area contributed by atoms with E-state index in [4.69, 9.17) is 9.05 Å². The van der Waals surface area contributed by atoms with Gasteiger partial charge in [0.1, 0.15) is 13.2 Å². The molecule has 3 unspecified atom stereocenters. The van der Waals surface area contributed by atoms with Crippen molar-refractivity contribution < 1.29 is 32.9 Å². The summed E-state index contributed by atoms with van der Waals surface area (Å²) in [4.78, 5) is 23.4. The molecule has 80 heavy (non-hydrogen) atoms. The number of allylic oxidation sites excluding steroid dienone is 1. The second-order valence-electron chi connectivity index (χ2n) is 26.3. The Morgan fingerprint density at radius 3 is 0.925 bits per heavy atom. The molecule has 0 spiro atoms. The third kappa shape index (κ3) is 64.8. The number of rotatable bonds is 68. The first-order valence-electron chi connectivity index (χ1n) is 36.1. The Balaban J connectivity index is 3.94. The zero-order valence-electron chi connectivity index (χ0n) is 54.9. The smallest absolute Gasteiger partial charge is 0.387 e. The summed E-state index contributed by atoms with van der Waals surface area (Å²) in [6.07, 6.45) is 80.9. The molecule has 0 aromatic rings. The highest BCUT2D eigenvalue weighted by molar-refractivity contribution is 7.47. The van der Waals surface area contributed by atoms with Gasteiger partial charge in [0.25, 0.3) is 0 Å². The van der Waals surface area contributed by atoms with E-state index in [2.05, 4.69) is 19.2 Å². The lowest BCUT2D eigenvalue weighted by molar-refractivity contribution is -0.870. The number of hydrogen-bond acceptors (Lipinski definition) is 5. The van der Waals surface area contributed by atoms with Crippen molar-refractivity contribution in [3.05, 3.63) is 12.2 Å². The second-order valence-corrected chi connectivity index (χ2v) is 27.8. The average Bonchev–Trinajstić information content (AvgIpc) is 3.42. The van der Waals surface area contributed by atoms with Crippen LogP contribution in [0.5, 0.6) is 0 Å². The van der Waals surface area contributed by atoms with Gasteiger partial charge in [0.05, 0.1) is 39.9 Å². The highest BCUT2D eigenvalue weighted by atomic mass is 31.2. The fraction of sp³-hybridized carbons (Fsp3) is 0.958. The van der Waals surface area contributed by atoms with Gasteiger partial charge in [-0.15, -0.1) is 0 Å². The summed E-state index contributed by atoms with van der Waals surface area (Å²) in [5.41, 5.74) is 0. The van der Waals surface area contributed by atoms with Crippen LogP contribution < -0.4 is 5.32 Å². The fourth-order valence-electron chi connectivity index (χ4n) is 11.4. The molecule has 478 valence electrons. The summed E-state index contributed by atoms with van der Waals surface area (Å²) in [5, 5.41) is 14.0. The second kappa shape index (κ2) is 62.8. The summed E-state index contributed by atoms with van der Waals surface area (Å²) < 4.78 is 23.8. The van der Waals surface area contributed by atoms with Gasteiger partial charge in [0.15, 0.2) is 0 Å². The van der Waals surface area contributed by atoms with Gasteiger partial charge in [0, 0.05) is 6.42 Å². The lowest BCUT2D eigenvalue weighted by Gasteiger charge is -2.25. The number of unbranched alkanes of at least 4 members (excludes halogenated alkanes) is 55. The first-order chi connectivity index (χ1) is 39.0. The van der Waals surface area contributed by atoms with E-state index in [9.17, 15) is 19.4 Å². The molecule has 8 nitrogen and oxygen atoms in total. The molecular weight excluding hydrogens is 1010 g/mol. The highest BCUT2D eigenvalue weighted by Crippen LogP contribution is 2.43. The average molecular weight is 1150 g/mol. The van der Waals surface area contributed by atoms with Crippen LogP contribution in [0.15, 0.2) is 12.2 Å². The van der Waals surface area contributed by atoms with Gasteiger partial charge in [0.2, 0.25) is 5.91 Å². The van der Waals surface area contributed by atoms with E-state index >= 15 is 0 Å². The summed E-state index contributed by atoms with van der Waals surface area (Å²) >= 11 is 0. The quantitative estimate of drug-likeness (QED) is 0.0243. The topological polar surface area (TPSA) is 105 Å². The Bertz CT molecular complexity index is 1310. The molecule has 0 rings (SSSR count). The van der Waals surface area contributed by atoms with E-state index in [1.54, 1.807) is 6.08 Å². The molecule has 1 amide bonds. The Morgan fingerprint density at radius 2 is 0.662 bits per heavy atom. The van der Waals surface area contributed by atoms with Crippen LogP contribution in [0.2, 0.25) is 0 Å². The minimum absolute atomic E-state index is 0.0655. The number of nitrogens with one attached hydrogen (secondary N) is 1. The van der Waals surface area contributed by atoms with Gasteiger partial charge in [-0.1, -0.05) is 373 Å². The van der Waals surface area contributed by atoms with E-state index in [0.717, 1.165) is 32.1 Å². The summed E-state index contributed by atoms with van der Waals surface area (Å²) in [5.74, 6) is -0.167. The van der Waals surface area contributed by atoms with Crippen LogP contribution in [0.4, 0.5) is 0 Å². The number of phosphoric acid groups is 1. The van der Waals surface area contributed by atoms with Crippen molar-refractivity contribution in [1.29, 1.82) is 0 Å². The molecule has 0 heterocycles. The molecular formula is C71H144N2O6P+. The molecule has 0 fully saturated rings. The van der Waals surface area contributed by atoms with Gasteiger partial charge < -0.3 is 19.8 Å². The van der Waals surface area contributed by atoms with E-state index in [0.29, 0.717) is 17.4 Å². The van der Waals surface area contributed by atoms with Crippen LogP contribution in [0.25, 0.3) is 0 Å². The van der Waals surface area contributed by atoms with Gasteiger partial charge in [-0.05, 0) is 19.3 Å². The van der Waals surface area contributed by atoms with E-state index in [-0.39, 0.29) is 19.1 Å². The van der Waals surface area contributed by atoms with Crippen molar-refractivity contribution in [1.82, 2.24) is 5.32 Å². The molecule has 0 saturated carbocycles. The number of phosphoric ester groups is 1. The van der Waals surface area contributed by atoms with Gasteiger partial charge in [-0.3, -0.25) is 13.8 Å². The number of carbonyl (C=O) groups is 1. The van der Waals surface area contributed by atoms with Crippen LogP contribution in [-0.4, -0.2) is 73.4 Å². The third-order valence-electron chi connectivity index (χ3n) is 17.0. The lowest BCUT2D eigenvalue weighted by Crippen LogP contribution is -2.45. The molecule has 0 saturated heterocycles. The monoisotopic (exact) mass is 1150 g/mol. The molecule has 9 heteroatoms. The Hall–Kier alpha value is -0.760. The summed E-state index contributed by atoms with van der Waals surface area (Å²) in [7, 11) is 1.60. The maximum absolute atomic E-state index is 13.1. The summed E-state index contributed by atoms with van der Waals surface area (Å²) in [6, 6.07) is -0.843. The largest absolute Gasteiger partial charge is 0.472 e. The molecule has 0 aliphatic carbocycles. The number of amides is 1. The van der Waals surface area contributed by atoms with E-state index in [1.165, 1.54) is 334 Å². The minimum Gasteiger partial charge on any atom is -0.387 e. The van der Waals surface area contributed by atoms with Gasteiger partial charge in [-0.2, -0.15) is 0 Å². The first kappa shape index (κ1) is 79.2. The Labute approximate surface area is 501 Å². The normalized spacial score (nSPS) is 13.6. The van der Waals surface area contributed by atoms with Crippen LogP contribution in [0.1, 0.15) is 386 Å². The number of aliphatic hydroxyl groups excluding tert-OH is 1. The molecule has 3 N–H and O–H groups in total. The molecule has 0 aliphatic rings. The number of carbonyl (C=O) groups excluding carboxylic acids is 1. The third-order valence-corrected chi connectivity index (χ3v) is 18.0. The van der Waals surface area contributed by atoms with Gasteiger partial charge >= 0.3 is 7.82 Å². The minimum atomic E-state index is -4.35. The lowest BCUT2D eigenvalue weighted by atomic mass is 10.0. The van der Waals surface area contributed by atoms with Crippen molar-refractivity contribution in [2.45, 2.75) is 398 Å². The Morgan fingerprint density at radius 1 is 0.412 bits per heavy atom. The molecule has 0 bridgehead atoms. The number of hydrogen-bond donors (Lipinski definition) is 3. The van der Waals surface area contributed by atoms with Crippen LogP contribution in [0.3, 0.4) is 0 Å². The van der Waals surface area contributed by atoms with E-state index < -0.39 is 20.0 Å². The number of nitrogens with zero attached hydrogens (tertiary/aromatic N) is 1. The first-order valence-corrected chi connectivity index (χ1v) is 37.6. The molecule has 0 aromatic carbocycles. The fourth-order valence-corrected chi connectivity index (χ4v) is 12.1. The molecule has 0 aromatic heterocycles. The SMILES string of the molecule is CCCCCCCCCCCCCCCCCCCCCC/C=C/C(O)C(COP(=O)(O)OCC[N+](C)(C)C)NC(=O)CCCCCCCCCCCCCCCCCCCCCCCCCCCCCCCCCCCCCC. The van der Waals surface area contributed by atoms with Crippen LogP contribution in [0, 0.1) is 0 Å². The predicted molar refractivity (Wildman–Crippen MR) is 351 cm³/mol. The van der Waals surface area contributed by atoms with Crippen LogP contribution >= 0.6 is 7.82 Å². The van der Waals surface area contributed by atoms with Crippen molar-refractivity contribution in [3.8, 4) is 0 Å². The van der Waals surface area contributed by atoms with Crippen molar-refractivity contribution >= 4 is 13.7 Å². The van der Waals surface area contributed by atoms with Crippen molar-refractivity contribution in [3.63, 3.8) is 0 Å². The van der Waals surface area contributed by atoms with Crippen LogP contribution in [-0.2, 0) is 18.4 Å². The number of quaternary nitrogens is 1. The summed E-state index contributed by atoms with van der Waals surface area (Å²) in [6.45, 7) is 4.89. The zero-order chi connectivity index (χ0) is 58.4. The molecule has 0 radical (unpaired) electrons. The standard InChI is InChI=1S/C71H143N2O6P/c1-6-8-10-12-14-16-18-20-22-24-26-28-30-31-32-33-34-35-36-37-38-39-40-41-42-43-45-47-49-51-53-55-57-59-61-63-65-71(75)72-69(68-79-80(76,77)78-67-66-73(3,4)5)70(74)64-62-60-58-56-54-52-50-48-46-44-29-27-25-23-21-19-17-15-13-11-9-7-2/h62,64,69-70,74H,6-61,63,65-68H2,1-5H3,(H-,72,75,76,77)/p+1/b64-62+. The van der Waals surface area contributed by atoms with Crippen molar-refractivity contribution in [2.75, 3.05) is 40.9 Å².